The molecule has 1 saturated carbocycles. The summed E-state index contributed by atoms with van der Waals surface area (Å²) in [6.07, 6.45) is 2.73. The van der Waals surface area contributed by atoms with E-state index in [0.717, 1.165) is 19.3 Å². The first-order chi connectivity index (χ1) is 7.74. The predicted octanol–water partition coefficient (Wildman–Crippen LogP) is 2.03. The molecular formula is C13H18FNO. The lowest BCUT2D eigenvalue weighted by atomic mass is 9.75. The van der Waals surface area contributed by atoms with Gasteiger partial charge in [0, 0.05) is 12.5 Å². The Bertz CT molecular complexity index is 352. The number of hydrogen-bond acceptors (Lipinski definition) is 2. The van der Waals surface area contributed by atoms with Crippen molar-refractivity contribution in [3.8, 4) is 0 Å². The van der Waals surface area contributed by atoms with E-state index in [1.807, 2.05) is 0 Å². The van der Waals surface area contributed by atoms with Crippen LogP contribution >= 0.6 is 0 Å². The second-order valence-electron chi connectivity index (χ2n) is 4.55. The first-order valence-corrected chi connectivity index (χ1v) is 5.86. The van der Waals surface area contributed by atoms with Crippen molar-refractivity contribution in [1.82, 2.24) is 0 Å². The summed E-state index contributed by atoms with van der Waals surface area (Å²) in [6.45, 7) is 0.290. The highest BCUT2D eigenvalue weighted by atomic mass is 19.1. The maximum Gasteiger partial charge on any atom is 0.126 e. The van der Waals surface area contributed by atoms with Crippen LogP contribution in [0.1, 0.15) is 30.7 Å². The molecule has 16 heavy (non-hydrogen) atoms. The van der Waals surface area contributed by atoms with Gasteiger partial charge >= 0.3 is 0 Å². The summed E-state index contributed by atoms with van der Waals surface area (Å²) in [7, 11) is 0. The summed E-state index contributed by atoms with van der Waals surface area (Å²) in [5, 5.41) is 10.2. The number of benzene rings is 1. The standard InChI is InChI=1S/C13H18FNO/c14-12-7-2-1-6-10(12)11(8-15)13(16)9-4-3-5-9/h1-2,6-7,9,11,13,16H,3-5,8,15H2. The minimum absolute atomic E-state index is 0.267. The van der Waals surface area contributed by atoms with Crippen molar-refractivity contribution in [2.45, 2.75) is 31.3 Å². The Labute approximate surface area is 95.3 Å². The van der Waals surface area contributed by atoms with Crippen LogP contribution in [0, 0.1) is 11.7 Å². The molecule has 0 heterocycles. The summed E-state index contributed by atoms with van der Waals surface area (Å²) in [5.74, 6) is -0.240. The van der Waals surface area contributed by atoms with Crippen LogP contribution in [0.4, 0.5) is 4.39 Å². The number of rotatable bonds is 4. The van der Waals surface area contributed by atoms with Gasteiger partial charge in [-0.2, -0.15) is 0 Å². The van der Waals surface area contributed by atoms with E-state index in [-0.39, 0.29) is 11.7 Å². The molecule has 2 rings (SSSR count). The average Bonchev–Trinajstić information content (AvgIpc) is 2.19. The van der Waals surface area contributed by atoms with E-state index in [4.69, 9.17) is 5.73 Å². The summed E-state index contributed by atoms with van der Waals surface area (Å²) < 4.78 is 13.6. The lowest BCUT2D eigenvalue weighted by Crippen LogP contribution is -2.36. The van der Waals surface area contributed by atoms with Crippen LogP contribution in [0.5, 0.6) is 0 Å². The van der Waals surface area contributed by atoms with Crippen LogP contribution in [0.15, 0.2) is 24.3 Å². The highest BCUT2D eigenvalue weighted by molar-refractivity contribution is 5.23. The topological polar surface area (TPSA) is 46.2 Å². The quantitative estimate of drug-likeness (QED) is 0.820. The first-order valence-electron chi connectivity index (χ1n) is 5.86. The molecular weight excluding hydrogens is 205 g/mol. The molecule has 0 spiro atoms. The second kappa shape index (κ2) is 4.93. The van der Waals surface area contributed by atoms with E-state index >= 15 is 0 Å². The van der Waals surface area contributed by atoms with Crippen LogP contribution < -0.4 is 5.73 Å². The normalized spacial score (nSPS) is 20.2. The Kier molecular flexibility index (Phi) is 3.56. The van der Waals surface area contributed by atoms with Gasteiger partial charge in [0.15, 0.2) is 0 Å². The van der Waals surface area contributed by atoms with Gasteiger partial charge < -0.3 is 10.8 Å². The number of aliphatic hydroxyl groups excluding tert-OH is 1. The van der Waals surface area contributed by atoms with Crippen LogP contribution in [-0.2, 0) is 0 Å². The van der Waals surface area contributed by atoms with Crippen LogP contribution in [0.3, 0.4) is 0 Å². The third kappa shape index (κ3) is 2.11. The van der Waals surface area contributed by atoms with Gasteiger partial charge in [0.2, 0.25) is 0 Å². The van der Waals surface area contributed by atoms with Crippen LogP contribution in [0.25, 0.3) is 0 Å². The average molecular weight is 223 g/mol. The zero-order valence-corrected chi connectivity index (χ0v) is 9.27. The summed E-state index contributed by atoms with van der Waals surface area (Å²) in [4.78, 5) is 0. The SMILES string of the molecule is NCC(c1ccccc1F)C(O)C1CCC1. The molecule has 2 nitrogen and oxygen atoms in total. The van der Waals surface area contributed by atoms with Gasteiger partial charge in [0.1, 0.15) is 5.82 Å². The predicted molar refractivity (Wildman–Crippen MR) is 61.5 cm³/mol. The molecule has 3 heteroatoms. The van der Waals surface area contributed by atoms with Crippen molar-refractivity contribution < 1.29 is 9.50 Å². The molecule has 2 atom stereocenters. The van der Waals surface area contributed by atoms with Gasteiger partial charge in [-0.1, -0.05) is 24.6 Å². The lowest BCUT2D eigenvalue weighted by Gasteiger charge is -2.35. The Morgan fingerprint density at radius 2 is 2.06 bits per heavy atom. The molecule has 88 valence electrons. The fourth-order valence-corrected chi connectivity index (χ4v) is 2.34. The minimum atomic E-state index is -0.504. The Morgan fingerprint density at radius 3 is 2.56 bits per heavy atom. The van der Waals surface area contributed by atoms with E-state index in [1.54, 1.807) is 18.2 Å². The Balaban J connectivity index is 2.18. The summed E-state index contributed by atoms with van der Waals surface area (Å²) in [5.41, 5.74) is 6.21. The van der Waals surface area contributed by atoms with Crippen molar-refractivity contribution >= 4 is 0 Å². The van der Waals surface area contributed by atoms with Gasteiger partial charge in [-0.25, -0.2) is 4.39 Å². The summed E-state index contributed by atoms with van der Waals surface area (Å²) in [6, 6.07) is 6.58. The monoisotopic (exact) mass is 223 g/mol. The molecule has 0 radical (unpaired) electrons. The largest absolute Gasteiger partial charge is 0.392 e. The molecule has 3 N–H and O–H groups in total. The number of aliphatic hydroxyl groups is 1. The van der Waals surface area contributed by atoms with Crippen molar-refractivity contribution in [3.05, 3.63) is 35.6 Å². The number of nitrogens with two attached hydrogens (primary N) is 1. The van der Waals surface area contributed by atoms with Gasteiger partial charge in [-0.15, -0.1) is 0 Å². The van der Waals surface area contributed by atoms with Crippen LogP contribution in [0.2, 0.25) is 0 Å². The number of hydrogen-bond donors (Lipinski definition) is 2. The van der Waals surface area contributed by atoms with Crippen molar-refractivity contribution in [2.24, 2.45) is 11.7 Å². The zero-order chi connectivity index (χ0) is 11.5. The number of halogens is 1. The molecule has 0 aliphatic heterocycles. The van der Waals surface area contributed by atoms with Crippen molar-refractivity contribution in [1.29, 1.82) is 0 Å². The Morgan fingerprint density at radius 1 is 1.38 bits per heavy atom. The maximum atomic E-state index is 13.6. The highest BCUT2D eigenvalue weighted by Gasteiger charge is 2.32. The third-order valence-corrected chi connectivity index (χ3v) is 3.60. The molecule has 1 fully saturated rings. The van der Waals surface area contributed by atoms with Crippen molar-refractivity contribution in [3.63, 3.8) is 0 Å². The molecule has 1 aliphatic carbocycles. The molecule has 1 aromatic rings. The maximum absolute atomic E-state index is 13.6. The van der Waals surface area contributed by atoms with Gasteiger partial charge in [0.25, 0.3) is 0 Å². The van der Waals surface area contributed by atoms with Gasteiger partial charge in [0.05, 0.1) is 6.10 Å². The molecule has 2 unspecified atom stereocenters. The molecule has 0 saturated heterocycles. The highest BCUT2D eigenvalue weighted by Crippen LogP contribution is 2.36. The Hall–Kier alpha value is -0.930. The molecule has 1 aliphatic rings. The molecule has 0 amide bonds. The van der Waals surface area contributed by atoms with Crippen LogP contribution in [-0.4, -0.2) is 17.8 Å². The van der Waals surface area contributed by atoms with Gasteiger partial charge in [-0.3, -0.25) is 0 Å². The molecule has 0 aromatic heterocycles. The van der Waals surface area contributed by atoms with Crippen molar-refractivity contribution in [2.75, 3.05) is 6.54 Å². The van der Waals surface area contributed by atoms with E-state index in [0.29, 0.717) is 18.0 Å². The third-order valence-electron chi connectivity index (χ3n) is 3.60. The first kappa shape index (κ1) is 11.6. The van der Waals surface area contributed by atoms with E-state index < -0.39 is 6.10 Å². The smallest absolute Gasteiger partial charge is 0.126 e. The molecule has 1 aromatic carbocycles. The zero-order valence-electron chi connectivity index (χ0n) is 9.27. The van der Waals surface area contributed by atoms with E-state index in [1.165, 1.54) is 6.07 Å². The minimum Gasteiger partial charge on any atom is -0.392 e. The van der Waals surface area contributed by atoms with E-state index in [9.17, 15) is 9.50 Å². The lowest BCUT2D eigenvalue weighted by molar-refractivity contribution is 0.0411. The fourth-order valence-electron chi connectivity index (χ4n) is 2.34. The fraction of sp³-hybridized carbons (Fsp3) is 0.538. The second-order valence-corrected chi connectivity index (χ2v) is 4.55. The molecule has 0 bridgehead atoms. The van der Waals surface area contributed by atoms with Gasteiger partial charge in [-0.05, 0) is 30.4 Å². The summed E-state index contributed by atoms with van der Waals surface area (Å²) >= 11 is 0. The van der Waals surface area contributed by atoms with E-state index in [2.05, 4.69) is 0 Å².